The Bertz CT molecular complexity index is 149. The van der Waals surface area contributed by atoms with Gasteiger partial charge in [-0.1, -0.05) is 66.2 Å². The zero-order chi connectivity index (χ0) is 12.0. The maximum atomic E-state index is 2.37. The lowest BCUT2D eigenvalue weighted by atomic mass is 9.73. The SMILES string of the molecule is CC(C)CCC1CCCCC1CCC(C)C. The molecule has 1 aliphatic carbocycles. The van der Waals surface area contributed by atoms with Gasteiger partial charge < -0.3 is 0 Å². The number of rotatable bonds is 6. The summed E-state index contributed by atoms with van der Waals surface area (Å²) >= 11 is 0. The molecule has 0 heterocycles. The van der Waals surface area contributed by atoms with E-state index < -0.39 is 0 Å². The molecular weight excluding hydrogens is 192 g/mol. The summed E-state index contributed by atoms with van der Waals surface area (Å²) in [5.74, 6) is 3.92. The number of hydrogen-bond acceptors (Lipinski definition) is 0. The molecule has 2 atom stereocenters. The fourth-order valence-corrected chi connectivity index (χ4v) is 3.14. The van der Waals surface area contributed by atoms with Crippen molar-refractivity contribution >= 4 is 0 Å². The maximum absolute atomic E-state index is 2.37. The second kappa shape index (κ2) is 7.35. The normalized spacial score (nSPS) is 26.6. The van der Waals surface area contributed by atoms with Gasteiger partial charge in [-0.25, -0.2) is 0 Å². The van der Waals surface area contributed by atoms with Crippen LogP contribution in [0, 0.1) is 23.7 Å². The van der Waals surface area contributed by atoms with Crippen molar-refractivity contribution in [1.82, 2.24) is 0 Å². The van der Waals surface area contributed by atoms with Crippen molar-refractivity contribution in [3.63, 3.8) is 0 Å². The highest BCUT2D eigenvalue weighted by molar-refractivity contribution is 4.76. The van der Waals surface area contributed by atoms with E-state index in [4.69, 9.17) is 0 Å². The Labute approximate surface area is 103 Å². The molecule has 0 N–H and O–H groups in total. The summed E-state index contributed by atoms with van der Waals surface area (Å²) in [5.41, 5.74) is 0. The fourth-order valence-electron chi connectivity index (χ4n) is 3.14. The lowest BCUT2D eigenvalue weighted by Crippen LogP contribution is -2.20. The summed E-state index contributed by atoms with van der Waals surface area (Å²) in [6, 6.07) is 0. The first-order valence-corrected chi connectivity index (χ1v) is 7.59. The van der Waals surface area contributed by atoms with Gasteiger partial charge in [0.05, 0.1) is 0 Å². The predicted molar refractivity (Wildman–Crippen MR) is 73.6 cm³/mol. The fraction of sp³-hybridized carbons (Fsp3) is 1.00. The Morgan fingerprint density at radius 2 is 1.12 bits per heavy atom. The second-order valence-corrected chi connectivity index (χ2v) is 6.75. The minimum atomic E-state index is 0.896. The van der Waals surface area contributed by atoms with Crippen LogP contribution in [0.5, 0.6) is 0 Å². The summed E-state index contributed by atoms with van der Waals surface area (Å²) < 4.78 is 0. The van der Waals surface area contributed by atoms with Gasteiger partial charge in [-0.05, 0) is 36.5 Å². The zero-order valence-electron chi connectivity index (χ0n) is 12.0. The summed E-state index contributed by atoms with van der Waals surface area (Å²) in [6.07, 6.45) is 11.9. The quantitative estimate of drug-likeness (QED) is 0.545. The van der Waals surface area contributed by atoms with E-state index in [-0.39, 0.29) is 0 Å². The van der Waals surface area contributed by atoms with Crippen molar-refractivity contribution in [3.8, 4) is 0 Å². The highest BCUT2D eigenvalue weighted by Crippen LogP contribution is 2.37. The van der Waals surface area contributed by atoms with Gasteiger partial charge in [0.25, 0.3) is 0 Å². The molecule has 0 aromatic carbocycles. The van der Waals surface area contributed by atoms with E-state index >= 15 is 0 Å². The van der Waals surface area contributed by atoms with Gasteiger partial charge in [-0.15, -0.1) is 0 Å². The first kappa shape index (κ1) is 14.1. The third-order valence-electron chi connectivity index (χ3n) is 4.30. The molecule has 0 radical (unpaired) electrons. The Kier molecular flexibility index (Phi) is 6.46. The third kappa shape index (κ3) is 5.37. The molecule has 0 spiro atoms. The average molecular weight is 224 g/mol. The van der Waals surface area contributed by atoms with Crippen molar-refractivity contribution in [2.45, 2.75) is 79.1 Å². The Morgan fingerprint density at radius 1 is 0.750 bits per heavy atom. The zero-order valence-corrected chi connectivity index (χ0v) is 12.0. The molecule has 0 heteroatoms. The van der Waals surface area contributed by atoms with Gasteiger partial charge >= 0.3 is 0 Å². The lowest BCUT2D eigenvalue weighted by molar-refractivity contribution is 0.193. The predicted octanol–water partition coefficient (Wildman–Crippen LogP) is 5.67. The minimum Gasteiger partial charge on any atom is -0.0628 e. The van der Waals surface area contributed by atoms with Crippen molar-refractivity contribution in [2.75, 3.05) is 0 Å². The van der Waals surface area contributed by atoms with E-state index in [1.807, 2.05) is 0 Å². The molecule has 1 aliphatic rings. The van der Waals surface area contributed by atoms with Crippen LogP contribution in [-0.2, 0) is 0 Å². The van der Waals surface area contributed by atoms with E-state index in [2.05, 4.69) is 27.7 Å². The molecule has 2 unspecified atom stereocenters. The first-order valence-electron chi connectivity index (χ1n) is 7.59. The van der Waals surface area contributed by atoms with Crippen LogP contribution < -0.4 is 0 Å². The first-order chi connectivity index (χ1) is 7.59. The molecule has 0 amide bonds. The molecule has 16 heavy (non-hydrogen) atoms. The summed E-state index contributed by atoms with van der Waals surface area (Å²) in [5, 5.41) is 0. The van der Waals surface area contributed by atoms with Crippen LogP contribution in [0.2, 0.25) is 0 Å². The average Bonchev–Trinajstić information content (AvgIpc) is 2.24. The summed E-state index contributed by atoms with van der Waals surface area (Å²) in [7, 11) is 0. The van der Waals surface area contributed by atoms with Crippen LogP contribution in [0.15, 0.2) is 0 Å². The lowest BCUT2D eigenvalue weighted by Gasteiger charge is -2.32. The second-order valence-electron chi connectivity index (χ2n) is 6.75. The monoisotopic (exact) mass is 224 g/mol. The van der Waals surface area contributed by atoms with Crippen LogP contribution in [-0.4, -0.2) is 0 Å². The molecule has 1 fully saturated rings. The molecule has 0 aromatic heterocycles. The Morgan fingerprint density at radius 3 is 1.44 bits per heavy atom. The molecule has 0 aromatic rings. The molecule has 0 nitrogen and oxygen atoms in total. The Balaban J connectivity index is 2.31. The maximum Gasteiger partial charge on any atom is -0.0386 e. The standard InChI is InChI=1S/C16H32/c1-13(2)9-11-15-7-5-6-8-16(15)12-10-14(3)4/h13-16H,5-12H2,1-4H3. The van der Waals surface area contributed by atoms with Crippen LogP contribution in [0.1, 0.15) is 79.1 Å². The molecule has 96 valence electrons. The summed E-state index contributed by atoms with van der Waals surface area (Å²) in [4.78, 5) is 0. The van der Waals surface area contributed by atoms with E-state index in [1.54, 1.807) is 0 Å². The molecule has 1 rings (SSSR count). The van der Waals surface area contributed by atoms with E-state index in [0.717, 1.165) is 23.7 Å². The Hall–Kier alpha value is 0. The number of hydrogen-bond donors (Lipinski definition) is 0. The van der Waals surface area contributed by atoms with Gasteiger partial charge in [0.15, 0.2) is 0 Å². The molecule has 0 saturated heterocycles. The van der Waals surface area contributed by atoms with Crippen molar-refractivity contribution in [1.29, 1.82) is 0 Å². The van der Waals surface area contributed by atoms with Crippen LogP contribution >= 0.6 is 0 Å². The van der Waals surface area contributed by atoms with Gasteiger partial charge in [0.1, 0.15) is 0 Å². The van der Waals surface area contributed by atoms with E-state index in [9.17, 15) is 0 Å². The van der Waals surface area contributed by atoms with Gasteiger partial charge in [0, 0.05) is 0 Å². The summed E-state index contributed by atoms with van der Waals surface area (Å²) in [6.45, 7) is 9.47. The van der Waals surface area contributed by atoms with Crippen LogP contribution in [0.4, 0.5) is 0 Å². The van der Waals surface area contributed by atoms with E-state index in [1.165, 1.54) is 51.4 Å². The molecule has 0 bridgehead atoms. The van der Waals surface area contributed by atoms with Gasteiger partial charge in [-0.3, -0.25) is 0 Å². The van der Waals surface area contributed by atoms with Crippen molar-refractivity contribution in [2.24, 2.45) is 23.7 Å². The van der Waals surface area contributed by atoms with Crippen molar-refractivity contribution < 1.29 is 0 Å². The highest BCUT2D eigenvalue weighted by atomic mass is 14.3. The van der Waals surface area contributed by atoms with E-state index in [0.29, 0.717) is 0 Å². The topological polar surface area (TPSA) is 0 Å². The largest absolute Gasteiger partial charge is 0.0628 e. The van der Waals surface area contributed by atoms with Crippen LogP contribution in [0.3, 0.4) is 0 Å². The smallest absolute Gasteiger partial charge is 0.0386 e. The molecule has 1 saturated carbocycles. The van der Waals surface area contributed by atoms with Crippen molar-refractivity contribution in [3.05, 3.63) is 0 Å². The highest BCUT2D eigenvalue weighted by Gasteiger charge is 2.24. The van der Waals surface area contributed by atoms with Gasteiger partial charge in [-0.2, -0.15) is 0 Å². The third-order valence-corrected chi connectivity index (χ3v) is 4.30. The molecule has 0 aliphatic heterocycles. The molecular formula is C16H32. The van der Waals surface area contributed by atoms with Gasteiger partial charge in [0.2, 0.25) is 0 Å². The van der Waals surface area contributed by atoms with Crippen LogP contribution in [0.25, 0.3) is 0 Å². The minimum absolute atomic E-state index is 0.896.